The summed E-state index contributed by atoms with van der Waals surface area (Å²) in [6, 6.07) is 10.4. The van der Waals surface area contributed by atoms with Gasteiger partial charge in [-0.1, -0.05) is 30.3 Å². The molecule has 3 heteroatoms. The molecule has 0 saturated carbocycles. The third kappa shape index (κ3) is 3.04. The van der Waals surface area contributed by atoms with Crippen LogP contribution in [0.5, 0.6) is 0 Å². The van der Waals surface area contributed by atoms with Gasteiger partial charge in [0.2, 0.25) is 0 Å². The van der Waals surface area contributed by atoms with Crippen LogP contribution in [-0.2, 0) is 0 Å². The molecule has 1 aromatic rings. The maximum Gasteiger partial charge on any atom is 0.0916 e. The fourth-order valence-electron chi connectivity index (χ4n) is 2.20. The molecule has 1 saturated heterocycles. The number of nitrogens with zero attached hydrogens (tertiary/aromatic N) is 1. The lowest BCUT2D eigenvalue weighted by Gasteiger charge is -2.33. The number of aliphatic hydroxyl groups is 1. The summed E-state index contributed by atoms with van der Waals surface area (Å²) in [6.45, 7) is 5.97. The van der Waals surface area contributed by atoms with Crippen LogP contribution in [0.4, 0.5) is 0 Å². The first-order valence-electron chi connectivity index (χ1n) is 5.94. The first-order valence-corrected chi connectivity index (χ1v) is 5.94. The van der Waals surface area contributed by atoms with Gasteiger partial charge in [-0.25, -0.2) is 0 Å². The predicted octanol–water partition coefficient (Wildman–Crippen LogP) is 1.01. The number of β-amino-alcohol motifs (C(OH)–C–C–N with tert-alkyl or cyclic N) is 1. The van der Waals surface area contributed by atoms with Gasteiger partial charge in [0.25, 0.3) is 0 Å². The molecule has 2 rings (SSSR count). The SMILES string of the molecule is CC1CN(CC(O)c2ccccc2)CCN1. The molecule has 1 fully saturated rings. The Labute approximate surface area is 97.1 Å². The van der Waals surface area contributed by atoms with Gasteiger partial charge in [-0.3, -0.25) is 4.90 Å². The fraction of sp³-hybridized carbons (Fsp3) is 0.538. The smallest absolute Gasteiger partial charge is 0.0916 e. The Bertz CT molecular complexity index is 315. The van der Waals surface area contributed by atoms with Crippen LogP contribution >= 0.6 is 0 Å². The van der Waals surface area contributed by atoms with E-state index in [9.17, 15) is 5.11 Å². The van der Waals surface area contributed by atoms with Gasteiger partial charge in [0, 0.05) is 32.2 Å². The lowest BCUT2D eigenvalue weighted by molar-refractivity contribution is 0.0962. The Kier molecular flexibility index (Phi) is 3.93. The van der Waals surface area contributed by atoms with Gasteiger partial charge in [-0.15, -0.1) is 0 Å². The molecule has 1 aliphatic rings. The third-order valence-corrected chi connectivity index (χ3v) is 3.07. The number of nitrogens with one attached hydrogen (secondary N) is 1. The van der Waals surface area contributed by atoms with Crippen molar-refractivity contribution in [3.05, 3.63) is 35.9 Å². The van der Waals surface area contributed by atoms with Gasteiger partial charge in [0.05, 0.1) is 6.10 Å². The van der Waals surface area contributed by atoms with Crippen LogP contribution in [0.2, 0.25) is 0 Å². The Hall–Kier alpha value is -0.900. The zero-order chi connectivity index (χ0) is 11.4. The molecule has 0 spiro atoms. The van der Waals surface area contributed by atoms with Crippen molar-refractivity contribution in [1.29, 1.82) is 0 Å². The number of benzene rings is 1. The molecular weight excluding hydrogens is 200 g/mol. The molecule has 0 aliphatic carbocycles. The maximum atomic E-state index is 10.1. The van der Waals surface area contributed by atoms with E-state index in [1.165, 1.54) is 0 Å². The molecule has 1 heterocycles. The van der Waals surface area contributed by atoms with E-state index in [0.717, 1.165) is 31.7 Å². The highest BCUT2D eigenvalue weighted by molar-refractivity contribution is 5.17. The van der Waals surface area contributed by atoms with Crippen molar-refractivity contribution in [1.82, 2.24) is 10.2 Å². The van der Waals surface area contributed by atoms with Crippen molar-refractivity contribution < 1.29 is 5.11 Å². The Morgan fingerprint density at radius 2 is 2.19 bits per heavy atom. The lowest BCUT2D eigenvalue weighted by atomic mass is 10.1. The van der Waals surface area contributed by atoms with Crippen LogP contribution < -0.4 is 5.32 Å². The van der Waals surface area contributed by atoms with Crippen molar-refractivity contribution in [3.63, 3.8) is 0 Å². The van der Waals surface area contributed by atoms with Gasteiger partial charge in [-0.2, -0.15) is 0 Å². The Balaban J connectivity index is 1.89. The summed E-state index contributed by atoms with van der Waals surface area (Å²) in [6.07, 6.45) is -0.369. The van der Waals surface area contributed by atoms with E-state index in [-0.39, 0.29) is 6.10 Å². The molecule has 3 nitrogen and oxygen atoms in total. The van der Waals surface area contributed by atoms with Crippen molar-refractivity contribution in [3.8, 4) is 0 Å². The van der Waals surface area contributed by atoms with Crippen molar-refractivity contribution in [2.75, 3.05) is 26.2 Å². The second-order valence-electron chi connectivity index (χ2n) is 4.54. The van der Waals surface area contributed by atoms with E-state index in [4.69, 9.17) is 0 Å². The van der Waals surface area contributed by atoms with Crippen LogP contribution in [0.15, 0.2) is 30.3 Å². The average Bonchev–Trinajstić information content (AvgIpc) is 2.30. The average molecular weight is 220 g/mol. The molecule has 2 N–H and O–H groups in total. The fourth-order valence-corrected chi connectivity index (χ4v) is 2.20. The van der Waals surface area contributed by atoms with E-state index in [2.05, 4.69) is 17.1 Å². The minimum Gasteiger partial charge on any atom is -0.387 e. The normalized spacial score (nSPS) is 24.2. The molecule has 0 radical (unpaired) electrons. The maximum absolute atomic E-state index is 10.1. The van der Waals surface area contributed by atoms with Crippen LogP contribution in [0, 0.1) is 0 Å². The van der Waals surface area contributed by atoms with Crippen LogP contribution in [0.25, 0.3) is 0 Å². The molecule has 2 atom stereocenters. The third-order valence-electron chi connectivity index (χ3n) is 3.07. The zero-order valence-corrected chi connectivity index (χ0v) is 9.76. The molecule has 0 amide bonds. The summed E-state index contributed by atoms with van der Waals surface area (Å²) in [5.41, 5.74) is 1.01. The number of hydrogen-bond acceptors (Lipinski definition) is 3. The van der Waals surface area contributed by atoms with Crippen LogP contribution in [0.3, 0.4) is 0 Å². The summed E-state index contributed by atoms with van der Waals surface area (Å²) in [4.78, 5) is 2.32. The van der Waals surface area contributed by atoms with E-state index in [1.54, 1.807) is 0 Å². The highest BCUT2D eigenvalue weighted by Gasteiger charge is 2.18. The minimum absolute atomic E-state index is 0.369. The predicted molar refractivity (Wildman–Crippen MR) is 65.3 cm³/mol. The standard InChI is InChI=1S/C13H20N2O/c1-11-9-15(8-7-14-11)10-13(16)12-5-3-2-4-6-12/h2-6,11,13-14,16H,7-10H2,1H3. The zero-order valence-electron chi connectivity index (χ0n) is 9.76. The first-order chi connectivity index (χ1) is 7.75. The number of piperazine rings is 1. The molecule has 1 aliphatic heterocycles. The summed E-state index contributed by atoms with van der Waals surface area (Å²) < 4.78 is 0. The summed E-state index contributed by atoms with van der Waals surface area (Å²) in [7, 11) is 0. The molecular formula is C13H20N2O. The van der Waals surface area contributed by atoms with Gasteiger partial charge in [-0.05, 0) is 12.5 Å². The molecule has 0 aromatic heterocycles. The van der Waals surface area contributed by atoms with Crippen molar-refractivity contribution in [2.24, 2.45) is 0 Å². The molecule has 16 heavy (non-hydrogen) atoms. The summed E-state index contributed by atoms with van der Waals surface area (Å²) >= 11 is 0. The van der Waals surface area contributed by atoms with E-state index < -0.39 is 0 Å². The van der Waals surface area contributed by atoms with Gasteiger partial charge >= 0.3 is 0 Å². The second kappa shape index (κ2) is 5.43. The molecule has 0 bridgehead atoms. The van der Waals surface area contributed by atoms with Crippen molar-refractivity contribution >= 4 is 0 Å². The van der Waals surface area contributed by atoms with Crippen molar-refractivity contribution in [2.45, 2.75) is 19.1 Å². The lowest BCUT2D eigenvalue weighted by Crippen LogP contribution is -2.50. The Morgan fingerprint density at radius 1 is 1.44 bits per heavy atom. The number of hydrogen-bond donors (Lipinski definition) is 2. The van der Waals surface area contributed by atoms with E-state index in [1.807, 2.05) is 30.3 Å². The molecule has 1 aromatic carbocycles. The first kappa shape index (κ1) is 11.6. The Morgan fingerprint density at radius 3 is 2.88 bits per heavy atom. The van der Waals surface area contributed by atoms with Gasteiger partial charge in [0.15, 0.2) is 0 Å². The monoisotopic (exact) mass is 220 g/mol. The highest BCUT2D eigenvalue weighted by Crippen LogP contribution is 2.14. The van der Waals surface area contributed by atoms with E-state index in [0.29, 0.717) is 6.04 Å². The van der Waals surface area contributed by atoms with Crippen LogP contribution in [0.1, 0.15) is 18.6 Å². The largest absolute Gasteiger partial charge is 0.387 e. The second-order valence-corrected chi connectivity index (χ2v) is 4.54. The van der Waals surface area contributed by atoms with Gasteiger partial charge < -0.3 is 10.4 Å². The number of rotatable bonds is 3. The van der Waals surface area contributed by atoms with Gasteiger partial charge in [0.1, 0.15) is 0 Å². The summed E-state index contributed by atoms with van der Waals surface area (Å²) in [5.74, 6) is 0. The quantitative estimate of drug-likeness (QED) is 0.798. The molecule has 2 unspecified atom stereocenters. The summed E-state index contributed by atoms with van der Waals surface area (Å²) in [5, 5.41) is 13.5. The van der Waals surface area contributed by atoms with E-state index >= 15 is 0 Å². The molecule has 88 valence electrons. The van der Waals surface area contributed by atoms with Crippen LogP contribution in [-0.4, -0.2) is 42.2 Å². The number of aliphatic hydroxyl groups excluding tert-OH is 1. The minimum atomic E-state index is -0.369. The highest BCUT2D eigenvalue weighted by atomic mass is 16.3. The topological polar surface area (TPSA) is 35.5 Å².